The molecule has 1 aromatic carbocycles. The maximum atomic E-state index is 6.10. The van der Waals surface area contributed by atoms with Gasteiger partial charge < -0.3 is 13.9 Å². The third-order valence-corrected chi connectivity index (χ3v) is 4.29. The Morgan fingerprint density at radius 1 is 1.10 bits per heavy atom. The van der Waals surface area contributed by atoms with Crippen LogP contribution in [0.25, 0.3) is 0 Å². The molecule has 4 heteroatoms. The number of hydrogen-bond acceptors (Lipinski definition) is 3. The molecule has 0 amide bonds. The minimum atomic E-state index is -1.55. The van der Waals surface area contributed by atoms with Crippen molar-refractivity contribution in [2.24, 2.45) is 0 Å². The summed E-state index contributed by atoms with van der Waals surface area (Å²) in [5.41, 5.74) is 1.09. The van der Waals surface area contributed by atoms with Crippen molar-refractivity contribution in [3.63, 3.8) is 0 Å². The van der Waals surface area contributed by atoms with Gasteiger partial charge in [0.25, 0.3) is 0 Å². The molecule has 20 heavy (non-hydrogen) atoms. The van der Waals surface area contributed by atoms with Gasteiger partial charge in [-0.15, -0.1) is 0 Å². The number of ether oxygens (including phenoxy) is 2. The Kier molecular flexibility index (Phi) is 3.71. The molecule has 0 saturated carbocycles. The van der Waals surface area contributed by atoms with E-state index in [-0.39, 0.29) is 18.5 Å². The van der Waals surface area contributed by atoms with E-state index in [9.17, 15) is 0 Å². The van der Waals surface area contributed by atoms with E-state index in [0.29, 0.717) is 0 Å². The van der Waals surface area contributed by atoms with Gasteiger partial charge in [-0.2, -0.15) is 0 Å². The highest BCUT2D eigenvalue weighted by atomic mass is 28.4. The lowest BCUT2D eigenvalue weighted by molar-refractivity contribution is -0.242. The fraction of sp³-hybridized carbons (Fsp3) is 0.500. The molecule has 2 aliphatic rings. The quantitative estimate of drug-likeness (QED) is 0.788. The molecular weight excluding hydrogens is 268 g/mol. The van der Waals surface area contributed by atoms with Crippen molar-refractivity contribution < 1.29 is 13.9 Å². The zero-order valence-corrected chi connectivity index (χ0v) is 13.3. The zero-order chi connectivity index (χ0) is 14.2. The van der Waals surface area contributed by atoms with E-state index in [1.807, 2.05) is 18.2 Å². The first-order chi connectivity index (χ1) is 9.49. The van der Waals surface area contributed by atoms with Crippen LogP contribution in [0.3, 0.4) is 0 Å². The van der Waals surface area contributed by atoms with Crippen LogP contribution >= 0.6 is 0 Å². The molecule has 0 radical (unpaired) electrons. The van der Waals surface area contributed by atoms with Crippen molar-refractivity contribution in [1.82, 2.24) is 0 Å². The smallest absolute Gasteiger partial charge is 0.241 e. The molecule has 2 bridgehead atoms. The average Bonchev–Trinajstić information content (AvgIpc) is 2.36. The van der Waals surface area contributed by atoms with Crippen LogP contribution in [0.1, 0.15) is 24.7 Å². The van der Waals surface area contributed by atoms with E-state index in [2.05, 4.69) is 37.8 Å². The largest absolute Gasteiger partial charge is 0.547 e. The first kappa shape index (κ1) is 13.9. The summed E-state index contributed by atoms with van der Waals surface area (Å²) in [6, 6.07) is 10.1. The van der Waals surface area contributed by atoms with E-state index in [0.717, 1.165) is 24.2 Å². The molecule has 1 saturated heterocycles. The Morgan fingerprint density at radius 3 is 2.50 bits per heavy atom. The third-order valence-electron chi connectivity index (χ3n) is 3.42. The lowest BCUT2D eigenvalue weighted by Crippen LogP contribution is -2.38. The van der Waals surface area contributed by atoms with Crippen molar-refractivity contribution in [2.45, 2.75) is 51.0 Å². The lowest BCUT2D eigenvalue weighted by atomic mass is 9.98. The Hall–Kier alpha value is -1.10. The third kappa shape index (κ3) is 3.31. The summed E-state index contributed by atoms with van der Waals surface area (Å²) in [6.07, 6.45) is 4.02. The Balaban J connectivity index is 1.72. The molecule has 0 unspecified atom stereocenters. The maximum absolute atomic E-state index is 6.10. The van der Waals surface area contributed by atoms with Gasteiger partial charge in [-0.1, -0.05) is 30.3 Å². The predicted octanol–water partition coefficient (Wildman–Crippen LogP) is 4.00. The van der Waals surface area contributed by atoms with Gasteiger partial charge >= 0.3 is 0 Å². The van der Waals surface area contributed by atoms with Crippen molar-refractivity contribution in [3.8, 4) is 0 Å². The molecule has 1 heterocycles. The number of hydrogen-bond donors (Lipinski definition) is 0. The van der Waals surface area contributed by atoms with Crippen LogP contribution in [-0.4, -0.2) is 20.5 Å². The summed E-state index contributed by atoms with van der Waals surface area (Å²) in [7, 11) is -1.55. The second-order valence-electron chi connectivity index (χ2n) is 6.46. The fourth-order valence-corrected chi connectivity index (χ4v) is 3.65. The van der Waals surface area contributed by atoms with E-state index in [4.69, 9.17) is 13.9 Å². The van der Waals surface area contributed by atoms with Gasteiger partial charge in [0, 0.05) is 18.4 Å². The first-order valence-corrected chi connectivity index (χ1v) is 10.7. The Bertz CT molecular complexity index is 492. The van der Waals surface area contributed by atoms with Crippen molar-refractivity contribution >= 4 is 8.32 Å². The van der Waals surface area contributed by atoms with Gasteiger partial charge in [0.15, 0.2) is 6.29 Å². The van der Waals surface area contributed by atoms with Gasteiger partial charge in [0.05, 0.1) is 18.0 Å². The molecule has 0 aromatic heterocycles. The molecule has 1 aromatic rings. The van der Waals surface area contributed by atoms with Crippen LogP contribution < -0.4 is 0 Å². The van der Waals surface area contributed by atoms with E-state index in [1.54, 1.807) is 0 Å². The fourth-order valence-electron chi connectivity index (χ4n) is 2.71. The summed E-state index contributed by atoms with van der Waals surface area (Å²) in [4.78, 5) is 0. The number of fused-ring (bicyclic) bond motifs is 2. The van der Waals surface area contributed by atoms with Crippen LogP contribution in [-0.2, 0) is 13.9 Å². The summed E-state index contributed by atoms with van der Waals surface area (Å²) >= 11 is 0. The predicted molar refractivity (Wildman–Crippen MR) is 80.7 cm³/mol. The molecule has 0 N–H and O–H groups in total. The number of benzene rings is 1. The molecule has 1 aliphatic carbocycles. The highest BCUT2D eigenvalue weighted by Crippen LogP contribution is 2.37. The SMILES string of the molecule is C[Si](C)(C)OC1=C[C@H]2C[C@@H](C1)O[C@H](c1ccccc1)O2. The minimum Gasteiger partial charge on any atom is -0.547 e. The summed E-state index contributed by atoms with van der Waals surface area (Å²) in [6.45, 7) is 6.60. The second kappa shape index (κ2) is 5.35. The van der Waals surface area contributed by atoms with Gasteiger partial charge in [-0.05, 0) is 25.7 Å². The van der Waals surface area contributed by atoms with E-state index >= 15 is 0 Å². The first-order valence-electron chi connectivity index (χ1n) is 7.25. The summed E-state index contributed by atoms with van der Waals surface area (Å²) in [5.74, 6) is 1.05. The summed E-state index contributed by atoms with van der Waals surface area (Å²) < 4.78 is 18.2. The van der Waals surface area contributed by atoms with Crippen molar-refractivity contribution in [3.05, 3.63) is 47.7 Å². The standard InChI is InChI=1S/C16H22O3Si/c1-20(2,3)19-15-10-13-9-14(11-15)18-16(17-13)12-7-5-4-6-8-12/h4-8,10,13-14,16H,9,11H2,1-3H3/t13-,14+,16-/m1/s1. The van der Waals surface area contributed by atoms with E-state index in [1.165, 1.54) is 0 Å². The second-order valence-corrected chi connectivity index (χ2v) is 10.9. The van der Waals surface area contributed by atoms with Gasteiger partial charge in [-0.3, -0.25) is 0 Å². The molecule has 0 spiro atoms. The Labute approximate surface area is 121 Å². The van der Waals surface area contributed by atoms with Crippen LogP contribution in [0.2, 0.25) is 19.6 Å². The molecule has 1 aliphatic heterocycles. The van der Waals surface area contributed by atoms with Crippen molar-refractivity contribution in [1.29, 1.82) is 0 Å². The monoisotopic (exact) mass is 290 g/mol. The molecule has 3 nitrogen and oxygen atoms in total. The van der Waals surface area contributed by atoms with Crippen molar-refractivity contribution in [2.75, 3.05) is 0 Å². The average molecular weight is 290 g/mol. The molecule has 3 rings (SSSR count). The molecular formula is C16H22O3Si. The molecule has 3 atom stereocenters. The van der Waals surface area contributed by atoms with Crippen LogP contribution in [0.4, 0.5) is 0 Å². The van der Waals surface area contributed by atoms with Gasteiger partial charge in [0.1, 0.15) is 0 Å². The number of rotatable bonds is 3. The highest BCUT2D eigenvalue weighted by Gasteiger charge is 2.35. The van der Waals surface area contributed by atoms with E-state index < -0.39 is 8.32 Å². The lowest BCUT2D eigenvalue weighted by Gasteiger charge is -2.39. The van der Waals surface area contributed by atoms with Crippen LogP contribution in [0, 0.1) is 0 Å². The normalized spacial score (nSPS) is 29.8. The Morgan fingerprint density at radius 2 is 1.85 bits per heavy atom. The summed E-state index contributed by atoms with van der Waals surface area (Å²) in [5, 5.41) is 0. The molecule has 1 fully saturated rings. The highest BCUT2D eigenvalue weighted by molar-refractivity contribution is 6.70. The van der Waals surface area contributed by atoms with Gasteiger partial charge in [0.2, 0.25) is 8.32 Å². The zero-order valence-electron chi connectivity index (χ0n) is 12.3. The minimum absolute atomic E-state index is 0.110. The van der Waals surface area contributed by atoms with Crippen LogP contribution in [0.5, 0.6) is 0 Å². The molecule has 108 valence electrons. The topological polar surface area (TPSA) is 27.7 Å². The maximum Gasteiger partial charge on any atom is 0.241 e. The van der Waals surface area contributed by atoms with Gasteiger partial charge in [-0.25, -0.2) is 0 Å². The van der Waals surface area contributed by atoms with Crippen LogP contribution in [0.15, 0.2) is 42.2 Å².